The number of pyridine rings is 1. The molecule has 1 aromatic carbocycles. The summed E-state index contributed by atoms with van der Waals surface area (Å²) in [5.74, 6) is 0.933. The van der Waals surface area contributed by atoms with Crippen LogP contribution in [0.1, 0.15) is 24.8 Å². The Hall–Kier alpha value is -1.61. The molecule has 17 heavy (non-hydrogen) atoms. The molecule has 1 aromatic heterocycles. The van der Waals surface area contributed by atoms with Crippen molar-refractivity contribution in [1.82, 2.24) is 4.98 Å². The van der Waals surface area contributed by atoms with Gasteiger partial charge in [0.2, 0.25) is 0 Å². The van der Waals surface area contributed by atoms with Gasteiger partial charge in [-0.25, -0.2) is 0 Å². The number of para-hydroxylation sites is 1. The fourth-order valence-electron chi connectivity index (χ4n) is 2.10. The smallest absolute Gasteiger partial charge is 0.135 e. The van der Waals surface area contributed by atoms with Gasteiger partial charge < -0.3 is 10.5 Å². The second-order valence-electron chi connectivity index (χ2n) is 4.50. The normalized spacial score (nSPS) is 15.8. The molecule has 1 saturated carbocycles. The average Bonchev–Trinajstić information content (AvgIpc) is 2.33. The van der Waals surface area contributed by atoms with Crippen molar-refractivity contribution in [2.45, 2.75) is 31.9 Å². The number of benzene rings is 1. The van der Waals surface area contributed by atoms with Gasteiger partial charge in [-0.3, -0.25) is 4.98 Å². The first-order valence-corrected chi connectivity index (χ1v) is 6.12. The number of hydrogen-bond acceptors (Lipinski definition) is 3. The summed E-state index contributed by atoms with van der Waals surface area (Å²) in [5, 5.41) is 1.07. The second kappa shape index (κ2) is 4.34. The van der Waals surface area contributed by atoms with Gasteiger partial charge in [0.1, 0.15) is 5.75 Å². The van der Waals surface area contributed by atoms with E-state index < -0.39 is 0 Å². The largest absolute Gasteiger partial charge is 0.489 e. The zero-order valence-electron chi connectivity index (χ0n) is 9.73. The minimum atomic E-state index is 0.367. The van der Waals surface area contributed by atoms with E-state index in [1.807, 2.05) is 24.4 Å². The quantitative estimate of drug-likeness (QED) is 0.878. The number of aromatic nitrogens is 1. The van der Waals surface area contributed by atoms with Crippen LogP contribution in [0.4, 0.5) is 0 Å². The molecule has 0 bridgehead atoms. The molecule has 3 rings (SSSR count). The van der Waals surface area contributed by atoms with Crippen LogP contribution in [0.2, 0.25) is 0 Å². The molecule has 1 aliphatic rings. The molecule has 1 fully saturated rings. The Labute approximate surface area is 101 Å². The van der Waals surface area contributed by atoms with E-state index >= 15 is 0 Å². The predicted octanol–water partition coefficient (Wildman–Crippen LogP) is 2.62. The van der Waals surface area contributed by atoms with E-state index in [1.165, 1.54) is 6.42 Å². The average molecular weight is 228 g/mol. The first-order chi connectivity index (χ1) is 8.38. The lowest BCUT2D eigenvalue weighted by atomic mass is 9.96. The van der Waals surface area contributed by atoms with Crippen LogP contribution < -0.4 is 10.5 Å². The lowest BCUT2D eigenvalue weighted by Crippen LogP contribution is -2.25. The highest BCUT2D eigenvalue weighted by Crippen LogP contribution is 2.32. The van der Waals surface area contributed by atoms with Crippen LogP contribution in [-0.4, -0.2) is 11.1 Å². The van der Waals surface area contributed by atoms with Crippen LogP contribution in [0.5, 0.6) is 5.75 Å². The summed E-state index contributed by atoms with van der Waals surface area (Å²) in [7, 11) is 0. The molecule has 0 unspecified atom stereocenters. The maximum atomic E-state index is 6.07. The maximum Gasteiger partial charge on any atom is 0.135 e. The topological polar surface area (TPSA) is 48.1 Å². The van der Waals surface area contributed by atoms with Crippen molar-refractivity contribution in [3.63, 3.8) is 0 Å². The summed E-state index contributed by atoms with van der Waals surface area (Å²) in [6.45, 7) is 0.472. The third-order valence-corrected chi connectivity index (χ3v) is 3.36. The molecule has 0 radical (unpaired) electrons. The van der Waals surface area contributed by atoms with Crippen LogP contribution >= 0.6 is 0 Å². The third-order valence-electron chi connectivity index (χ3n) is 3.36. The van der Waals surface area contributed by atoms with Crippen molar-refractivity contribution in [3.05, 3.63) is 36.0 Å². The van der Waals surface area contributed by atoms with E-state index in [4.69, 9.17) is 10.5 Å². The molecule has 0 spiro atoms. The van der Waals surface area contributed by atoms with Crippen molar-refractivity contribution >= 4 is 10.9 Å². The summed E-state index contributed by atoms with van der Waals surface area (Å²) in [6, 6.07) is 8.06. The fraction of sp³-hybridized carbons (Fsp3) is 0.357. The molecule has 1 heterocycles. The van der Waals surface area contributed by atoms with Gasteiger partial charge in [-0.15, -0.1) is 0 Å². The highest BCUT2D eigenvalue weighted by molar-refractivity contribution is 5.86. The Bertz CT molecular complexity index is 535. The van der Waals surface area contributed by atoms with E-state index in [9.17, 15) is 0 Å². The van der Waals surface area contributed by atoms with Crippen LogP contribution in [0.3, 0.4) is 0 Å². The summed E-state index contributed by atoms with van der Waals surface area (Å²) in [5.41, 5.74) is 7.72. The lowest BCUT2D eigenvalue weighted by molar-refractivity contribution is 0.121. The molecule has 88 valence electrons. The molecule has 0 aliphatic heterocycles. The van der Waals surface area contributed by atoms with Crippen LogP contribution in [0, 0.1) is 0 Å². The summed E-state index contributed by atoms with van der Waals surface area (Å²) in [6.07, 6.45) is 5.77. The molecule has 3 heteroatoms. The zero-order chi connectivity index (χ0) is 11.7. The number of hydrogen-bond donors (Lipinski definition) is 1. The molecule has 3 nitrogen and oxygen atoms in total. The monoisotopic (exact) mass is 228 g/mol. The third kappa shape index (κ3) is 1.87. The van der Waals surface area contributed by atoms with Gasteiger partial charge in [0.25, 0.3) is 0 Å². The van der Waals surface area contributed by atoms with Gasteiger partial charge >= 0.3 is 0 Å². The van der Waals surface area contributed by atoms with Crippen LogP contribution in [0.15, 0.2) is 30.5 Å². The van der Waals surface area contributed by atoms with Gasteiger partial charge in [0.15, 0.2) is 0 Å². The molecule has 0 amide bonds. The lowest BCUT2D eigenvalue weighted by Gasteiger charge is -2.28. The minimum Gasteiger partial charge on any atom is -0.489 e. The molecule has 1 aliphatic carbocycles. The van der Waals surface area contributed by atoms with Crippen LogP contribution in [-0.2, 0) is 6.54 Å². The van der Waals surface area contributed by atoms with Crippen LogP contribution in [0.25, 0.3) is 10.9 Å². The summed E-state index contributed by atoms with van der Waals surface area (Å²) < 4.78 is 6.07. The summed E-state index contributed by atoms with van der Waals surface area (Å²) in [4.78, 5) is 4.40. The summed E-state index contributed by atoms with van der Waals surface area (Å²) >= 11 is 0. The van der Waals surface area contributed by atoms with E-state index in [0.29, 0.717) is 12.6 Å². The Balaban J connectivity index is 2.09. The molecule has 0 atom stereocenters. The molecule has 2 aromatic rings. The first-order valence-electron chi connectivity index (χ1n) is 6.12. The van der Waals surface area contributed by atoms with E-state index in [-0.39, 0.29) is 0 Å². The Morgan fingerprint density at radius 2 is 2.12 bits per heavy atom. The zero-order valence-corrected chi connectivity index (χ0v) is 9.73. The molecule has 2 N–H and O–H groups in total. The first kappa shape index (κ1) is 10.5. The van der Waals surface area contributed by atoms with Crippen molar-refractivity contribution in [2.75, 3.05) is 0 Å². The van der Waals surface area contributed by atoms with E-state index in [1.54, 1.807) is 0 Å². The molecular formula is C14H16N2O. The highest BCUT2D eigenvalue weighted by atomic mass is 16.5. The number of rotatable bonds is 3. The van der Waals surface area contributed by atoms with Crippen molar-refractivity contribution in [1.29, 1.82) is 0 Å². The number of nitrogens with zero attached hydrogens (tertiary/aromatic N) is 1. The number of nitrogens with two attached hydrogens (primary N) is 1. The van der Waals surface area contributed by atoms with E-state index in [0.717, 1.165) is 35.1 Å². The number of ether oxygens (including phenoxy) is 1. The van der Waals surface area contributed by atoms with Crippen molar-refractivity contribution in [3.8, 4) is 5.75 Å². The van der Waals surface area contributed by atoms with Gasteiger partial charge in [-0.05, 0) is 31.4 Å². The van der Waals surface area contributed by atoms with E-state index in [2.05, 4.69) is 11.1 Å². The van der Waals surface area contributed by atoms with Crippen molar-refractivity contribution in [2.24, 2.45) is 5.73 Å². The second-order valence-corrected chi connectivity index (χ2v) is 4.50. The van der Waals surface area contributed by atoms with Gasteiger partial charge in [-0.2, -0.15) is 0 Å². The number of fused-ring (bicyclic) bond motifs is 1. The van der Waals surface area contributed by atoms with Crippen molar-refractivity contribution < 1.29 is 4.74 Å². The standard InChI is InChI=1S/C14H16N2O/c15-8-10-9-16-13-7-2-1-6-12(13)14(10)17-11-4-3-5-11/h1-2,6-7,9,11H,3-5,8,15H2. The van der Waals surface area contributed by atoms with Gasteiger partial charge in [-0.1, -0.05) is 12.1 Å². The fourth-order valence-corrected chi connectivity index (χ4v) is 2.10. The Kier molecular flexibility index (Phi) is 2.69. The Morgan fingerprint density at radius 3 is 2.82 bits per heavy atom. The molecular weight excluding hydrogens is 212 g/mol. The highest BCUT2D eigenvalue weighted by Gasteiger charge is 2.21. The minimum absolute atomic E-state index is 0.367. The Morgan fingerprint density at radius 1 is 1.29 bits per heavy atom. The molecule has 0 saturated heterocycles. The van der Waals surface area contributed by atoms with Gasteiger partial charge in [0, 0.05) is 23.7 Å². The maximum absolute atomic E-state index is 6.07. The van der Waals surface area contributed by atoms with Gasteiger partial charge in [0.05, 0.1) is 11.6 Å². The SMILES string of the molecule is NCc1cnc2ccccc2c1OC1CCC1. The predicted molar refractivity (Wildman–Crippen MR) is 67.9 cm³/mol.